The summed E-state index contributed by atoms with van der Waals surface area (Å²) in [5, 5.41) is 0. The third kappa shape index (κ3) is 4.27. The number of piperidine rings is 1. The van der Waals surface area contributed by atoms with E-state index in [2.05, 4.69) is 15.0 Å². The predicted molar refractivity (Wildman–Crippen MR) is 106 cm³/mol. The van der Waals surface area contributed by atoms with E-state index in [9.17, 15) is 9.59 Å². The van der Waals surface area contributed by atoms with Gasteiger partial charge in [-0.05, 0) is 31.9 Å². The SMILES string of the molecule is Cc1nc(C2CCCN(C(=O)c3cccnc3)C2)ncc1C(=O)N1CCOCC1. The van der Waals surface area contributed by atoms with Crippen molar-refractivity contribution in [3.8, 4) is 0 Å². The second kappa shape index (κ2) is 8.65. The summed E-state index contributed by atoms with van der Waals surface area (Å²) in [5.74, 6) is 0.702. The van der Waals surface area contributed by atoms with Gasteiger partial charge < -0.3 is 14.5 Å². The Labute approximate surface area is 169 Å². The van der Waals surface area contributed by atoms with Crippen LogP contribution in [-0.2, 0) is 4.74 Å². The fourth-order valence-electron chi connectivity index (χ4n) is 3.87. The number of pyridine rings is 1. The zero-order chi connectivity index (χ0) is 20.2. The van der Waals surface area contributed by atoms with Crippen LogP contribution in [0.1, 0.15) is 51.0 Å². The molecule has 0 saturated carbocycles. The Morgan fingerprint density at radius 3 is 2.66 bits per heavy atom. The molecule has 2 aromatic heterocycles. The maximum atomic E-state index is 12.7. The van der Waals surface area contributed by atoms with Crippen LogP contribution in [0, 0.1) is 6.92 Å². The Kier molecular flexibility index (Phi) is 5.80. The van der Waals surface area contributed by atoms with Gasteiger partial charge in [-0.25, -0.2) is 9.97 Å². The molecule has 0 spiro atoms. The maximum Gasteiger partial charge on any atom is 0.257 e. The summed E-state index contributed by atoms with van der Waals surface area (Å²) in [6.07, 6.45) is 6.71. The number of ether oxygens (including phenoxy) is 1. The monoisotopic (exact) mass is 395 g/mol. The van der Waals surface area contributed by atoms with Crippen molar-refractivity contribution in [2.24, 2.45) is 0 Å². The van der Waals surface area contributed by atoms with Gasteiger partial charge in [-0.15, -0.1) is 0 Å². The molecule has 2 aliphatic rings. The molecule has 4 rings (SSSR count). The predicted octanol–water partition coefficient (Wildman–Crippen LogP) is 1.67. The number of hydrogen-bond acceptors (Lipinski definition) is 6. The first kappa shape index (κ1) is 19.4. The first-order chi connectivity index (χ1) is 14.1. The number of rotatable bonds is 3. The molecule has 0 N–H and O–H groups in total. The summed E-state index contributed by atoms with van der Waals surface area (Å²) in [5.41, 5.74) is 1.81. The van der Waals surface area contributed by atoms with Crippen LogP contribution in [0.2, 0.25) is 0 Å². The van der Waals surface area contributed by atoms with Crippen LogP contribution in [0.4, 0.5) is 0 Å². The van der Waals surface area contributed by atoms with Crippen molar-refractivity contribution in [2.45, 2.75) is 25.7 Å². The smallest absolute Gasteiger partial charge is 0.257 e. The molecular weight excluding hydrogens is 370 g/mol. The number of carbonyl (C=O) groups is 2. The Morgan fingerprint density at radius 1 is 1.10 bits per heavy atom. The third-order valence-electron chi connectivity index (χ3n) is 5.51. The second-order valence-electron chi connectivity index (χ2n) is 7.46. The molecule has 0 radical (unpaired) electrons. The fraction of sp³-hybridized carbons (Fsp3) is 0.476. The van der Waals surface area contributed by atoms with E-state index in [1.807, 2.05) is 11.8 Å². The lowest BCUT2D eigenvalue weighted by molar-refractivity contribution is 0.0301. The average molecular weight is 395 g/mol. The number of carbonyl (C=O) groups excluding carboxylic acids is 2. The molecule has 4 heterocycles. The van der Waals surface area contributed by atoms with Gasteiger partial charge in [0.05, 0.1) is 30.0 Å². The van der Waals surface area contributed by atoms with Crippen molar-refractivity contribution in [3.63, 3.8) is 0 Å². The van der Waals surface area contributed by atoms with E-state index < -0.39 is 0 Å². The molecular formula is C21H25N5O3. The van der Waals surface area contributed by atoms with E-state index in [1.165, 1.54) is 0 Å². The van der Waals surface area contributed by atoms with E-state index in [0.29, 0.717) is 55.5 Å². The normalized spacial score (nSPS) is 19.8. The van der Waals surface area contributed by atoms with Crippen molar-refractivity contribution in [1.82, 2.24) is 24.8 Å². The van der Waals surface area contributed by atoms with Crippen molar-refractivity contribution in [2.75, 3.05) is 39.4 Å². The van der Waals surface area contributed by atoms with Crippen LogP contribution in [0.25, 0.3) is 0 Å². The van der Waals surface area contributed by atoms with Crippen molar-refractivity contribution >= 4 is 11.8 Å². The van der Waals surface area contributed by atoms with Crippen LogP contribution < -0.4 is 0 Å². The van der Waals surface area contributed by atoms with Crippen LogP contribution in [0.15, 0.2) is 30.7 Å². The lowest BCUT2D eigenvalue weighted by atomic mass is 9.96. The highest BCUT2D eigenvalue weighted by Crippen LogP contribution is 2.26. The summed E-state index contributed by atoms with van der Waals surface area (Å²) >= 11 is 0. The lowest BCUT2D eigenvalue weighted by Gasteiger charge is -2.32. The van der Waals surface area contributed by atoms with E-state index in [-0.39, 0.29) is 17.7 Å². The molecule has 0 aliphatic carbocycles. The molecule has 8 nitrogen and oxygen atoms in total. The van der Waals surface area contributed by atoms with E-state index in [1.54, 1.807) is 35.6 Å². The van der Waals surface area contributed by atoms with E-state index >= 15 is 0 Å². The van der Waals surface area contributed by atoms with Crippen molar-refractivity contribution in [1.29, 1.82) is 0 Å². The number of hydrogen-bond donors (Lipinski definition) is 0. The van der Waals surface area contributed by atoms with Gasteiger partial charge in [-0.2, -0.15) is 0 Å². The van der Waals surface area contributed by atoms with E-state index in [0.717, 1.165) is 19.4 Å². The van der Waals surface area contributed by atoms with Gasteiger partial charge in [0, 0.05) is 50.7 Å². The van der Waals surface area contributed by atoms with Gasteiger partial charge >= 0.3 is 0 Å². The highest BCUT2D eigenvalue weighted by molar-refractivity contribution is 5.95. The summed E-state index contributed by atoms with van der Waals surface area (Å²) in [7, 11) is 0. The molecule has 1 unspecified atom stereocenters. The number of morpholine rings is 1. The fourth-order valence-corrected chi connectivity index (χ4v) is 3.87. The molecule has 1 atom stereocenters. The number of aromatic nitrogens is 3. The van der Waals surface area contributed by atoms with Gasteiger partial charge in [0.15, 0.2) is 0 Å². The summed E-state index contributed by atoms with van der Waals surface area (Å²) < 4.78 is 5.31. The molecule has 8 heteroatoms. The summed E-state index contributed by atoms with van der Waals surface area (Å²) in [6.45, 7) is 5.45. The minimum atomic E-state index is -0.0469. The minimum Gasteiger partial charge on any atom is -0.378 e. The average Bonchev–Trinajstić information content (AvgIpc) is 2.79. The zero-order valence-corrected chi connectivity index (χ0v) is 16.6. The van der Waals surface area contributed by atoms with Crippen molar-refractivity contribution in [3.05, 3.63) is 53.4 Å². The van der Waals surface area contributed by atoms with Gasteiger partial charge in [-0.1, -0.05) is 0 Å². The Hall–Kier alpha value is -2.87. The maximum absolute atomic E-state index is 12.7. The van der Waals surface area contributed by atoms with Crippen molar-refractivity contribution < 1.29 is 14.3 Å². The zero-order valence-electron chi connectivity index (χ0n) is 16.6. The molecule has 152 valence electrons. The van der Waals surface area contributed by atoms with Gasteiger partial charge in [0.1, 0.15) is 5.82 Å². The Bertz CT molecular complexity index is 883. The first-order valence-corrected chi connectivity index (χ1v) is 10.0. The largest absolute Gasteiger partial charge is 0.378 e. The number of amides is 2. The summed E-state index contributed by atoms with van der Waals surface area (Å²) in [6, 6.07) is 3.55. The van der Waals surface area contributed by atoms with Gasteiger partial charge in [-0.3, -0.25) is 14.6 Å². The Morgan fingerprint density at radius 2 is 1.93 bits per heavy atom. The Balaban J connectivity index is 1.47. The van der Waals surface area contributed by atoms with E-state index in [4.69, 9.17) is 4.74 Å². The highest BCUT2D eigenvalue weighted by Gasteiger charge is 2.28. The highest BCUT2D eigenvalue weighted by atomic mass is 16.5. The van der Waals surface area contributed by atoms with Gasteiger partial charge in [0.25, 0.3) is 11.8 Å². The van der Waals surface area contributed by atoms with Crippen LogP contribution in [0.5, 0.6) is 0 Å². The number of aryl methyl sites for hydroxylation is 1. The van der Waals surface area contributed by atoms with Crippen LogP contribution in [-0.4, -0.2) is 76.0 Å². The quantitative estimate of drug-likeness (QED) is 0.786. The van der Waals surface area contributed by atoms with Crippen LogP contribution in [0.3, 0.4) is 0 Å². The van der Waals surface area contributed by atoms with Crippen LogP contribution >= 0.6 is 0 Å². The standard InChI is InChI=1S/C21H25N5O3/c1-15-18(21(28)25-8-10-29-11-9-25)13-23-19(24-15)17-5-3-7-26(14-17)20(27)16-4-2-6-22-12-16/h2,4,6,12-13,17H,3,5,7-11,14H2,1H3. The third-order valence-corrected chi connectivity index (χ3v) is 5.51. The molecule has 2 saturated heterocycles. The number of likely N-dealkylation sites (tertiary alicyclic amines) is 1. The minimum absolute atomic E-state index is 0.0152. The first-order valence-electron chi connectivity index (χ1n) is 10.0. The molecule has 29 heavy (non-hydrogen) atoms. The van der Waals surface area contributed by atoms with Gasteiger partial charge in [0.2, 0.25) is 0 Å². The molecule has 2 amide bonds. The lowest BCUT2D eigenvalue weighted by Crippen LogP contribution is -2.41. The number of nitrogens with zero attached hydrogens (tertiary/aromatic N) is 5. The topological polar surface area (TPSA) is 88.5 Å². The summed E-state index contributed by atoms with van der Waals surface area (Å²) in [4.78, 5) is 42.3. The molecule has 2 aliphatic heterocycles. The molecule has 0 aromatic carbocycles. The second-order valence-corrected chi connectivity index (χ2v) is 7.46. The molecule has 0 bridgehead atoms. The molecule has 2 aromatic rings. The molecule has 2 fully saturated rings.